The van der Waals surface area contributed by atoms with Gasteiger partial charge in [0.15, 0.2) is 5.60 Å². The van der Waals surface area contributed by atoms with Crippen LogP contribution in [0, 0.1) is 5.92 Å². The van der Waals surface area contributed by atoms with E-state index in [0.717, 1.165) is 32.6 Å². The third-order valence-corrected chi connectivity index (χ3v) is 4.91. The van der Waals surface area contributed by atoms with E-state index in [4.69, 9.17) is 4.84 Å². The highest BCUT2D eigenvalue weighted by molar-refractivity contribution is 6.39. The van der Waals surface area contributed by atoms with E-state index in [1.54, 1.807) is 0 Å². The van der Waals surface area contributed by atoms with E-state index in [1.807, 2.05) is 24.1 Å². The summed E-state index contributed by atoms with van der Waals surface area (Å²) in [5, 5.41) is 11.3. The molecule has 2 fully saturated rings. The lowest BCUT2D eigenvalue weighted by molar-refractivity contribution is -0.115. The molecule has 3 aliphatic rings. The van der Waals surface area contributed by atoms with Crippen LogP contribution in [0.4, 0.5) is 0 Å². The van der Waals surface area contributed by atoms with Gasteiger partial charge < -0.3 is 10.2 Å². The molecule has 7 nitrogen and oxygen atoms in total. The first-order chi connectivity index (χ1) is 11.1. The minimum atomic E-state index is -0.311. The second-order valence-corrected chi connectivity index (χ2v) is 7.13. The molecule has 0 radical (unpaired) electrons. The Balaban J connectivity index is 1.30. The van der Waals surface area contributed by atoms with Gasteiger partial charge >= 0.3 is 0 Å². The van der Waals surface area contributed by atoms with Crippen LogP contribution in [0.3, 0.4) is 0 Å². The zero-order valence-corrected chi connectivity index (χ0v) is 13.5. The van der Waals surface area contributed by atoms with Crippen molar-refractivity contribution in [2.45, 2.75) is 37.8 Å². The Bertz CT molecular complexity index is 636. The van der Waals surface area contributed by atoms with Gasteiger partial charge in [-0.3, -0.25) is 14.4 Å². The van der Waals surface area contributed by atoms with Gasteiger partial charge in [0.1, 0.15) is 5.71 Å². The molecule has 1 atom stereocenters. The van der Waals surface area contributed by atoms with E-state index in [0.29, 0.717) is 18.1 Å². The fourth-order valence-corrected chi connectivity index (χ4v) is 3.40. The molecule has 1 saturated carbocycles. The van der Waals surface area contributed by atoms with Gasteiger partial charge in [-0.15, -0.1) is 0 Å². The number of nitrogens with zero attached hydrogens (tertiary/aromatic N) is 4. The number of aryl methyl sites for hydroxylation is 1. The summed E-state index contributed by atoms with van der Waals surface area (Å²) >= 11 is 0. The molecule has 3 heterocycles. The minimum absolute atomic E-state index is 0.0560. The fourth-order valence-electron chi connectivity index (χ4n) is 3.40. The number of oxime groups is 1. The quantitative estimate of drug-likeness (QED) is 0.866. The number of hydrogen-bond donors (Lipinski definition) is 1. The summed E-state index contributed by atoms with van der Waals surface area (Å²) in [4.78, 5) is 20.2. The average Bonchev–Trinajstić information content (AvgIpc) is 2.93. The largest absolute Gasteiger partial charge is 0.387 e. The van der Waals surface area contributed by atoms with Gasteiger partial charge in [0.05, 0.1) is 6.20 Å². The Morgan fingerprint density at radius 1 is 1.52 bits per heavy atom. The van der Waals surface area contributed by atoms with Crippen molar-refractivity contribution in [3.05, 3.63) is 18.0 Å². The van der Waals surface area contributed by atoms with Crippen molar-refractivity contribution in [1.82, 2.24) is 20.0 Å². The molecule has 1 aliphatic carbocycles. The summed E-state index contributed by atoms with van der Waals surface area (Å²) in [6.07, 6.45) is 7.93. The van der Waals surface area contributed by atoms with Crippen molar-refractivity contribution >= 4 is 11.6 Å². The van der Waals surface area contributed by atoms with Gasteiger partial charge in [0.2, 0.25) is 0 Å². The first-order valence-electron chi connectivity index (χ1n) is 8.35. The standard InChI is InChI=1S/C16H23N5O2/c1-20-9-13(8-18-20)10-21-5-4-16(11-21)6-14(19-23-16)15(22)17-7-12-2-3-12/h8-9,12H,2-7,10-11H2,1H3,(H,17,22)/t16-/m1/s1. The first kappa shape index (κ1) is 14.7. The van der Waals surface area contributed by atoms with E-state index >= 15 is 0 Å². The second kappa shape index (κ2) is 5.63. The number of amides is 1. The van der Waals surface area contributed by atoms with Crippen molar-refractivity contribution in [2.24, 2.45) is 18.1 Å². The third-order valence-electron chi connectivity index (χ3n) is 4.91. The average molecular weight is 317 g/mol. The van der Waals surface area contributed by atoms with Crippen LogP contribution in [0.15, 0.2) is 17.5 Å². The predicted molar refractivity (Wildman–Crippen MR) is 84.7 cm³/mol. The minimum Gasteiger partial charge on any atom is -0.387 e. The molecule has 1 N–H and O–H groups in total. The molecule has 0 bridgehead atoms. The van der Waals surface area contributed by atoms with E-state index in [1.165, 1.54) is 18.4 Å². The zero-order valence-electron chi connectivity index (χ0n) is 13.5. The molecule has 1 amide bonds. The monoisotopic (exact) mass is 317 g/mol. The Hall–Kier alpha value is -1.89. The van der Waals surface area contributed by atoms with Crippen LogP contribution in [0.25, 0.3) is 0 Å². The van der Waals surface area contributed by atoms with Gasteiger partial charge in [-0.05, 0) is 18.8 Å². The van der Waals surface area contributed by atoms with E-state index in [9.17, 15) is 4.79 Å². The van der Waals surface area contributed by atoms with E-state index in [-0.39, 0.29) is 11.5 Å². The number of nitrogens with one attached hydrogen (secondary N) is 1. The highest BCUT2D eigenvalue weighted by Crippen LogP contribution is 2.34. The lowest BCUT2D eigenvalue weighted by Gasteiger charge is -2.21. The number of hydrogen-bond acceptors (Lipinski definition) is 5. The molecule has 1 aromatic rings. The molecule has 0 unspecified atom stereocenters. The molecule has 4 rings (SSSR count). The topological polar surface area (TPSA) is 71.8 Å². The van der Waals surface area contributed by atoms with Crippen molar-refractivity contribution in [2.75, 3.05) is 19.6 Å². The Labute approximate surface area is 135 Å². The number of likely N-dealkylation sites (tertiary alicyclic amines) is 1. The molecule has 1 spiro atoms. The van der Waals surface area contributed by atoms with E-state index in [2.05, 4.69) is 20.5 Å². The molecule has 1 saturated heterocycles. The molecule has 23 heavy (non-hydrogen) atoms. The maximum atomic E-state index is 12.1. The summed E-state index contributed by atoms with van der Waals surface area (Å²) in [6, 6.07) is 0. The lowest BCUT2D eigenvalue weighted by atomic mass is 9.96. The van der Waals surface area contributed by atoms with Crippen LogP contribution in [-0.4, -0.2) is 51.5 Å². The predicted octanol–water partition coefficient (Wildman–Crippen LogP) is 0.667. The van der Waals surface area contributed by atoms with Gasteiger partial charge in [0, 0.05) is 57.8 Å². The normalized spacial score (nSPS) is 27.3. The summed E-state index contributed by atoms with van der Waals surface area (Å²) < 4.78 is 1.82. The van der Waals surface area contributed by atoms with Crippen LogP contribution in [-0.2, 0) is 23.2 Å². The molecular weight excluding hydrogens is 294 g/mol. The summed E-state index contributed by atoms with van der Waals surface area (Å²) in [7, 11) is 1.93. The molecule has 2 aliphatic heterocycles. The van der Waals surface area contributed by atoms with Crippen molar-refractivity contribution in [3.63, 3.8) is 0 Å². The highest BCUT2D eigenvalue weighted by Gasteiger charge is 2.46. The number of carbonyl (C=O) groups excluding carboxylic acids is 1. The maximum Gasteiger partial charge on any atom is 0.269 e. The van der Waals surface area contributed by atoms with Crippen molar-refractivity contribution in [1.29, 1.82) is 0 Å². The van der Waals surface area contributed by atoms with Gasteiger partial charge in [0.25, 0.3) is 5.91 Å². The number of carbonyl (C=O) groups is 1. The van der Waals surface area contributed by atoms with Gasteiger partial charge in [-0.2, -0.15) is 5.10 Å². The summed E-state index contributed by atoms with van der Waals surface area (Å²) in [5.41, 5.74) is 1.44. The maximum absolute atomic E-state index is 12.1. The summed E-state index contributed by atoms with van der Waals surface area (Å²) in [6.45, 7) is 3.41. The summed E-state index contributed by atoms with van der Waals surface area (Å²) in [5.74, 6) is 0.622. The smallest absolute Gasteiger partial charge is 0.269 e. The van der Waals surface area contributed by atoms with Crippen LogP contribution in [0.1, 0.15) is 31.2 Å². The van der Waals surface area contributed by atoms with Gasteiger partial charge in [-0.1, -0.05) is 5.16 Å². The lowest BCUT2D eigenvalue weighted by Crippen LogP contribution is -2.37. The SMILES string of the molecule is Cn1cc(CN2CC[C@@]3(CC(C(=O)NCC4CC4)=NO3)C2)cn1. The van der Waals surface area contributed by atoms with Crippen LogP contribution in [0.2, 0.25) is 0 Å². The van der Waals surface area contributed by atoms with Crippen LogP contribution < -0.4 is 5.32 Å². The molecule has 7 heteroatoms. The second-order valence-electron chi connectivity index (χ2n) is 7.13. The zero-order chi connectivity index (χ0) is 15.9. The fraction of sp³-hybridized carbons (Fsp3) is 0.688. The van der Waals surface area contributed by atoms with Crippen molar-refractivity contribution in [3.8, 4) is 0 Å². The Kier molecular flexibility index (Phi) is 3.60. The number of rotatable bonds is 5. The highest BCUT2D eigenvalue weighted by atomic mass is 16.7. The Morgan fingerprint density at radius 3 is 3.13 bits per heavy atom. The Morgan fingerprint density at radius 2 is 2.39 bits per heavy atom. The van der Waals surface area contributed by atoms with Crippen LogP contribution in [0.5, 0.6) is 0 Å². The van der Waals surface area contributed by atoms with Gasteiger partial charge in [-0.25, -0.2) is 0 Å². The first-order valence-corrected chi connectivity index (χ1v) is 8.35. The molecule has 1 aromatic heterocycles. The van der Waals surface area contributed by atoms with Crippen LogP contribution >= 0.6 is 0 Å². The van der Waals surface area contributed by atoms with Crippen molar-refractivity contribution < 1.29 is 9.63 Å². The molecule has 124 valence electrons. The molecule has 0 aromatic carbocycles. The number of aromatic nitrogens is 2. The van der Waals surface area contributed by atoms with E-state index < -0.39 is 0 Å². The molecular formula is C16H23N5O2. The third kappa shape index (κ3) is 3.24.